The molecular formula is C8H12Br2O. The highest BCUT2D eigenvalue weighted by molar-refractivity contribution is 9.11. The van der Waals surface area contributed by atoms with Crippen LogP contribution in [0.25, 0.3) is 0 Å². The Bertz CT molecular complexity index is 167. The van der Waals surface area contributed by atoms with Crippen molar-refractivity contribution in [2.45, 2.75) is 41.8 Å². The van der Waals surface area contributed by atoms with Crippen molar-refractivity contribution in [2.24, 2.45) is 0 Å². The largest absolute Gasteiger partial charge is 0.297 e. The van der Waals surface area contributed by atoms with E-state index >= 15 is 0 Å². The molecule has 0 aromatic rings. The Hall–Kier alpha value is 0.630. The number of rotatable bonds is 0. The highest BCUT2D eigenvalue weighted by Crippen LogP contribution is 2.41. The molecule has 0 aromatic carbocycles. The second-order valence-electron chi connectivity index (χ2n) is 3.58. The first-order valence-corrected chi connectivity index (χ1v) is 5.38. The van der Waals surface area contributed by atoms with Crippen molar-refractivity contribution >= 4 is 37.6 Å². The molecule has 2 unspecified atom stereocenters. The van der Waals surface area contributed by atoms with Gasteiger partial charge in [0.05, 0.1) is 8.65 Å². The topological polar surface area (TPSA) is 17.1 Å². The summed E-state index contributed by atoms with van der Waals surface area (Å²) in [5, 5.41) is 0. The fourth-order valence-corrected chi connectivity index (χ4v) is 3.22. The predicted molar refractivity (Wildman–Crippen MR) is 53.5 cm³/mol. The molecule has 1 aliphatic carbocycles. The van der Waals surface area contributed by atoms with Gasteiger partial charge >= 0.3 is 0 Å². The quantitative estimate of drug-likeness (QED) is 0.625. The van der Waals surface area contributed by atoms with Crippen molar-refractivity contribution in [1.82, 2.24) is 0 Å². The average molecular weight is 284 g/mol. The van der Waals surface area contributed by atoms with Crippen molar-refractivity contribution in [3.63, 3.8) is 0 Å². The van der Waals surface area contributed by atoms with Gasteiger partial charge in [-0.2, -0.15) is 0 Å². The molecule has 0 amide bonds. The minimum Gasteiger partial charge on any atom is -0.297 e. The normalized spacial score (nSPS) is 46.0. The Labute approximate surface area is 84.2 Å². The summed E-state index contributed by atoms with van der Waals surface area (Å²) in [6.45, 7) is 3.90. The second kappa shape index (κ2) is 2.84. The summed E-state index contributed by atoms with van der Waals surface area (Å²) in [4.78, 5) is 11.7. The fourth-order valence-electron chi connectivity index (χ4n) is 1.52. The lowest BCUT2D eigenvalue weighted by Gasteiger charge is -2.35. The van der Waals surface area contributed by atoms with Crippen LogP contribution in [0.15, 0.2) is 0 Å². The van der Waals surface area contributed by atoms with Gasteiger partial charge in [0.2, 0.25) is 0 Å². The van der Waals surface area contributed by atoms with Gasteiger partial charge in [-0.05, 0) is 33.1 Å². The smallest absolute Gasteiger partial charge is 0.165 e. The van der Waals surface area contributed by atoms with E-state index in [0.717, 1.165) is 19.3 Å². The molecule has 1 saturated carbocycles. The van der Waals surface area contributed by atoms with Gasteiger partial charge in [-0.25, -0.2) is 0 Å². The average Bonchev–Trinajstić information content (AvgIpc) is 1.82. The van der Waals surface area contributed by atoms with Crippen molar-refractivity contribution in [2.75, 3.05) is 0 Å². The van der Waals surface area contributed by atoms with Gasteiger partial charge in [0.15, 0.2) is 5.78 Å². The van der Waals surface area contributed by atoms with Crippen LogP contribution >= 0.6 is 31.9 Å². The van der Waals surface area contributed by atoms with E-state index in [-0.39, 0.29) is 14.4 Å². The SMILES string of the molecule is CC1(Br)CCCC(C)(Br)C1=O. The van der Waals surface area contributed by atoms with Gasteiger partial charge in [-0.15, -0.1) is 0 Å². The van der Waals surface area contributed by atoms with E-state index in [1.165, 1.54) is 0 Å². The molecule has 0 bridgehead atoms. The summed E-state index contributed by atoms with van der Waals surface area (Å²) < 4.78 is -0.604. The minimum atomic E-state index is -0.302. The molecule has 1 aliphatic rings. The molecule has 1 fully saturated rings. The Morgan fingerprint density at radius 1 is 1.18 bits per heavy atom. The number of halogens is 2. The van der Waals surface area contributed by atoms with Gasteiger partial charge in [-0.3, -0.25) is 4.79 Å². The molecule has 0 aliphatic heterocycles. The summed E-state index contributed by atoms with van der Waals surface area (Å²) in [7, 11) is 0. The van der Waals surface area contributed by atoms with E-state index in [1.807, 2.05) is 13.8 Å². The number of ketones is 1. The summed E-state index contributed by atoms with van der Waals surface area (Å²) in [6, 6.07) is 0. The third-order valence-corrected chi connectivity index (χ3v) is 3.75. The highest BCUT2D eigenvalue weighted by atomic mass is 79.9. The molecule has 0 N–H and O–H groups in total. The maximum Gasteiger partial charge on any atom is 0.165 e. The third-order valence-electron chi connectivity index (χ3n) is 2.24. The Morgan fingerprint density at radius 3 is 1.82 bits per heavy atom. The molecular weight excluding hydrogens is 272 g/mol. The van der Waals surface area contributed by atoms with E-state index in [0.29, 0.717) is 0 Å². The van der Waals surface area contributed by atoms with Crippen LogP contribution in [0, 0.1) is 0 Å². The van der Waals surface area contributed by atoms with Gasteiger partial charge in [0.1, 0.15) is 0 Å². The molecule has 0 heterocycles. The lowest BCUT2D eigenvalue weighted by molar-refractivity contribution is -0.124. The zero-order valence-corrected chi connectivity index (χ0v) is 9.96. The Kier molecular flexibility index (Phi) is 2.51. The van der Waals surface area contributed by atoms with Crippen LogP contribution in [-0.4, -0.2) is 14.4 Å². The molecule has 0 saturated heterocycles. The summed E-state index contributed by atoms with van der Waals surface area (Å²) in [5.41, 5.74) is 0. The highest BCUT2D eigenvalue weighted by Gasteiger charge is 2.45. The van der Waals surface area contributed by atoms with Crippen LogP contribution in [0.3, 0.4) is 0 Å². The number of carbonyl (C=O) groups excluding carboxylic acids is 1. The van der Waals surface area contributed by atoms with E-state index in [4.69, 9.17) is 0 Å². The zero-order valence-electron chi connectivity index (χ0n) is 6.79. The second-order valence-corrected chi connectivity index (χ2v) is 7.08. The van der Waals surface area contributed by atoms with E-state index in [2.05, 4.69) is 31.9 Å². The Balaban J connectivity index is 2.85. The van der Waals surface area contributed by atoms with E-state index < -0.39 is 0 Å². The van der Waals surface area contributed by atoms with Crippen LogP contribution in [0.4, 0.5) is 0 Å². The van der Waals surface area contributed by atoms with Crippen molar-refractivity contribution in [3.8, 4) is 0 Å². The van der Waals surface area contributed by atoms with Gasteiger partial charge in [-0.1, -0.05) is 31.9 Å². The van der Waals surface area contributed by atoms with Crippen molar-refractivity contribution in [3.05, 3.63) is 0 Å². The number of hydrogen-bond donors (Lipinski definition) is 0. The first-order valence-electron chi connectivity index (χ1n) is 3.79. The lowest BCUT2D eigenvalue weighted by atomic mass is 9.82. The molecule has 1 rings (SSSR count). The first kappa shape index (κ1) is 9.72. The van der Waals surface area contributed by atoms with E-state index in [9.17, 15) is 4.79 Å². The maximum atomic E-state index is 11.7. The van der Waals surface area contributed by atoms with Gasteiger partial charge < -0.3 is 0 Å². The molecule has 64 valence electrons. The number of alkyl halides is 2. The zero-order chi connectivity index (χ0) is 8.70. The van der Waals surface area contributed by atoms with Gasteiger partial charge in [0.25, 0.3) is 0 Å². The summed E-state index contributed by atoms with van der Waals surface area (Å²) >= 11 is 6.91. The maximum absolute atomic E-state index is 11.7. The molecule has 1 nitrogen and oxygen atoms in total. The standard InChI is InChI=1S/C8H12Br2O/c1-7(9)4-3-5-8(2,10)6(7)11/h3-5H2,1-2H3. The number of Topliss-reactive ketones (excluding diaryl/α,β-unsaturated/α-hetero) is 1. The number of hydrogen-bond acceptors (Lipinski definition) is 1. The number of carbonyl (C=O) groups is 1. The molecule has 0 radical (unpaired) electrons. The summed E-state index contributed by atoms with van der Waals surface area (Å²) in [6.07, 6.45) is 3.01. The Morgan fingerprint density at radius 2 is 1.55 bits per heavy atom. The van der Waals surface area contributed by atoms with Crippen LogP contribution in [0.5, 0.6) is 0 Å². The van der Waals surface area contributed by atoms with Crippen LogP contribution in [0.2, 0.25) is 0 Å². The minimum absolute atomic E-state index is 0.274. The van der Waals surface area contributed by atoms with Crippen molar-refractivity contribution < 1.29 is 4.79 Å². The van der Waals surface area contributed by atoms with Crippen LogP contribution < -0.4 is 0 Å². The molecule has 0 aromatic heterocycles. The molecule has 0 spiro atoms. The summed E-state index contributed by atoms with van der Waals surface area (Å²) in [5.74, 6) is 0.274. The third kappa shape index (κ3) is 1.86. The predicted octanol–water partition coefficient (Wildman–Crippen LogP) is 3.05. The molecule has 2 atom stereocenters. The van der Waals surface area contributed by atoms with Crippen LogP contribution in [-0.2, 0) is 4.79 Å². The van der Waals surface area contributed by atoms with E-state index in [1.54, 1.807) is 0 Å². The lowest BCUT2D eigenvalue weighted by Crippen LogP contribution is -2.46. The molecule has 3 heteroatoms. The monoisotopic (exact) mass is 282 g/mol. The first-order chi connectivity index (χ1) is 4.86. The molecule has 11 heavy (non-hydrogen) atoms. The fraction of sp³-hybridized carbons (Fsp3) is 0.875. The van der Waals surface area contributed by atoms with Gasteiger partial charge in [0, 0.05) is 0 Å². The van der Waals surface area contributed by atoms with Crippen LogP contribution in [0.1, 0.15) is 33.1 Å². The van der Waals surface area contributed by atoms with Crippen molar-refractivity contribution in [1.29, 1.82) is 0 Å².